The van der Waals surface area contributed by atoms with Crippen LogP contribution in [0.5, 0.6) is 0 Å². The van der Waals surface area contributed by atoms with E-state index in [0.29, 0.717) is 5.56 Å². The van der Waals surface area contributed by atoms with Crippen LogP contribution in [-0.4, -0.2) is 28.6 Å². The number of cyclic esters (lactones) is 1. The van der Waals surface area contributed by atoms with Crippen molar-refractivity contribution in [3.05, 3.63) is 77.1 Å². The molecule has 0 bridgehead atoms. The number of pyridine rings is 1. The first-order valence-electron chi connectivity index (χ1n) is 10.4. The van der Waals surface area contributed by atoms with Gasteiger partial charge in [0.1, 0.15) is 6.10 Å². The summed E-state index contributed by atoms with van der Waals surface area (Å²) in [5, 5.41) is 4.56. The second-order valence-corrected chi connectivity index (χ2v) is 8.20. The summed E-state index contributed by atoms with van der Waals surface area (Å²) in [4.78, 5) is 30.4. The average molecular weight is 457 g/mol. The summed E-state index contributed by atoms with van der Waals surface area (Å²) in [5.41, 5.74) is 0.652. The molecular formula is C24H22F3N3O3. The fraction of sp³-hybridized carbons (Fsp3) is 0.292. The summed E-state index contributed by atoms with van der Waals surface area (Å²) in [6.07, 6.45) is -2.93. The molecule has 0 unspecified atom stereocenters. The molecule has 1 fully saturated rings. The molecule has 1 saturated heterocycles. The van der Waals surface area contributed by atoms with Crippen LogP contribution < -0.4 is 5.32 Å². The van der Waals surface area contributed by atoms with Crippen LogP contribution in [0.3, 0.4) is 0 Å². The Morgan fingerprint density at radius 3 is 2.73 bits per heavy atom. The molecule has 4 rings (SSSR count). The lowest BCUT2D eigenvalue weighted by molar-refractivity contribution is -0.137. The van der Waals surface area contributed by atoms with Gasteiger partial charge < -0.3 is 10.1 Å². The van der Waals surface area contributed by atoms with Crippen LogP contribution in [0, 0.1) is 12.8 Å². The number of aromatic nitrogens is 1. The Bertz CT molecular complexity index is 1210. The van der Waals surface area contributed by atoms with E-state index >= 15 is 0 Å². The van der Waals surface area contributed by atoms with Crippen LogP contribution in [0.4, 0.5) is 22.8 Å². The molecule has 172 valence electrons. The Kier molecular flexibility index (Phi) is 5.97. The highest BCUT2D eigenvalue weighted by molar-refractivity contribution is 5.92. The van der Waals surface area contributed by atoms with Crippen molar-refractivity contribution in [2.75, 3.05) is 6.54 Å². The zero-order valence-electron chi connectivity index (χ0n) is 18.0. The third-order valence-electron chi connectivity index (χ3n) is 5.62. The number of imide groups is 1. The lowest BCUT2D eigenvalue weighted by Gasteiger charge is -2.35. The van der Waals surface area contributed by atoms with Gasteiger partial charge in [-0.05, 0) is 35.6 Å². The van der Waals surface area contributed by atoms with E-state index in [-0.39, 0.29) is 18.7 Å². The van der Waals surface area contributed by atoms with Crippen LogP contribution >= 0.6 is 0 Å². The summed E-state index contributed by atoms with van der Waals surface area (Å²) in [7, 11) is 0. The number of alkyl halides is 3. The van der Waals surface area contributed by atoms with Crippen molar-refractivity contribution in [1.29, 1.82) is 0 Å². The highest BCUT2D eigenvalue weighted by atomic mass is 19.4. The highest BCUT2D eigenvalue weighted by Crippen LogP contribution is 2.36. The van der Waals surface area contributed by atoms with E-state index in [1.807, 2.05) is 24.3 Å². The normalized spacial score (nSPS) is 18.8. The number of nitrogens with zero attached hydrogens (tertiary/aromatic N) is 2. The quantitative estimate of drug-likeness (QED) is 0.556. The smallest absolute Gasteiger partial charge is 0.418 e. The molecule has 0 saturated carbocycles. The summed E-state index contributed by atoms with van der Waals surface area (Å²) in [5.74, 6) is -0.407. The Hall–Kier alpha value is -3.62. The van der Waals surface area contributed by atoms with Gasteiger partial charge in [-0.3, -0.25) is 4.98 Å². The van der Waals surface area contributed by atoms with Crippen LogP contribution in [0.25, 0.3) is 10.8 Å². The predicted molar refractivity (Wildman–Crippen MR) is 115 cm³/mol. The maximum atomic E-state index is 13.2. The Labute approximate surface area is 188 Å². The first kappa shape index (κ1) is 22.6. The number of hydrogen-bond acceptors (Lipinski definition) is 4. The van der Waals surface area contributed by atoms with Gasteiger partial charge in [-0.1, -0.05) is 42.8 Å². The Morgan fingerprint density at radius 1 is 1.21 bits per heavy atom. The number of nitrogens with one attached hydrogen (secondary N) is 1. The molecule has 1 N–H and O–H groups in total. The predicted octanol–water partition coefficient (Wildman–Crippen LogP) is 5.60. The number of rotatable bonds is 3. The summed E-state index contributed by atoms with van der Waals surface area (Å²) in [6.45, 7) is 3.44. The number of ether oxygens (including phenoxy) is 1. The lowest BCUT2D eigenvalue weighted by atomic mass is 9.93. The van der Waals surface area contributed by atoms with Crippen molar-refractivity contribution >= 4 is 22.9 Å². The maximum absolute atomic E-state index is 13.2. The minimum Gasteiger partial charge on any atom is -0.441 e. The number of amides is 3. The second kappa shape index (κ2) is 8.73. The van der Waals surface area contributed by atoms with Gasteiger partial charge in [-0.15, -0.1) is 0 Å². The number of carbonyl (C=O) groups excluding carboxylic acids is 2. The van der Waals surface area contributed by atoms with E-state index in [2.05, 4.69) is 10.3 Å². The number of hydrogen-bond donors (Lipinski definition) is 1. The minimum atomic E-state index is -4.51. The zero-order chi connectivity index (χ0) is 23.8. The summed E-state index contributed by atoms with van der Waals surface area (Å²) >= 11 is 0. The number of aryl methyl sites for hydroxylation is 1. The molecule has 2 aromatic carbocycles. The van der Waals surface area contributed by atoms with Gasteiger partial charge in [0.15, 0.2) is 0 Å². The van der Waals surface area contributed by atoms with Crippen LogP contribution in [-0.2, 0) is 17.5 Å². The van der Waals surface area contributed by atoms with Crippen molar-refractivity contribution in [2.45, 2.75) is 32.7 Å². The van der Waals surface area contributed by atoms with Gasteiger partial charge in [-0.2, -0.15) is 13.2 Å². The monoisotopic (exact) mass is 457 g/mol. The van der Waals surface area contributed by atoms with E-state index in [1.165, 1.54) is 0 Å². The molecule has 6 nitrogen and oxygen atoms in total. The number of carbonyl (C=O) groups is 2. The number of fused-ring (bicyclic) bond motifs is 1. The van der Waals surface area contributed by atoms with Crippen molar-refractivity contribution in [3.63, 3.8) is 0 Å². The molecule has 33 heavy (non-hydrogen) atoms. The molecule has 3 amide bonds. The molecule has 1 aliphatic heterocycles. The number of benzene rings is 2. The molecule has 1 aromatic heterocycles. The Morgan fingerprint density at radius 2 is 1.97 bits per heavy atom. The number of halogens is 3. The van der Waals surface area contributed by atoms with Crippen LogP contribution in [0.2, 0.25) is 0 Å². The van der Waals surface area contributed by atoms with E-state index in [0.717, 1.165) is 33.4 Å². The average Bonchev–Trinajstić information content (AvgIpc) is 2.77. The fourth-order valence-electron chi connectivity index (χ4n) is 4.04. The second-order valence-electron chi connectivity index (χ2n) is 8.20. The fourth-order valence-corrected chi connectivity index (χ4v) is 4.04. The molecule has 0 aliphatic carbocycles. The minimum absolute atomic E-state index is 0.0123. The molecule has 1 aliphatic rings. The molecule has 0 radical (unpaired) electrons. The van der Waals surface area contributed by atoms with Gasteiger partial charge in [0, 0.05) is 36.8 Å². The summed E-state index contributed by atoms with van der Waals surface area (Å²) < 4.78 is 45.0. The molecule has 0 spiro atoms. The van der Waals surface area contributed by atoms with Gasteiger partial charge in [-0.25, -0.2) is 14.5 Å². The zero-order valence-corrected chi connectivity index (χ0v) is 18.0. The Balaban J connectivity index is 1.46. The van der Waals surface area contributed by atoms with Crippen LogP contribution in [0.15, 0.2) is 54.9 Å². The molecular weight excluding hydrogens is 435 g/mol. The van der Waals surface area contributed by atoms with Crippen molar-refractivity contribution in [3.8, 4) is 0 Å². The molecule has 2 heterocycles. The first-order valence-corrected chi connectivity index (χ1v) is 10.4. The van der Waals surface area contributed by atoms with Crippen LogP contribution in [0.1, 0.15) is 35.3 Å². The maximum Gasteiger partial charge on any atom is 0.418 e. The molecule has 9 heteroatoms. The molecule has 3 aromatic rings. The third kappa shape index (κ3) is 4.76. The van der Waals surface area contributed by atoms with Gasteiger partial charge in [0.25, 0.3) is 0 Å². The van der Waals surface area contributed by atoms with E-state index in [4.69, 9.17) is 4.74 Å². The SMILES string of the molecule is Cc1cc([C@@H]2OC(=O)N(C(=O)NCc3cncc4ccccc34)C[C@@H]2C)cc(C(F)(F)F)c1. The van der Waals surface area contributed by atoms with Gasteiger partial charge >= 0.3 is 18.3 Å². The van der Waals surface area contributed by atoms with E-state index in [1.54, 1.807) is 32.3 Å². The van der Waals surface area contributed by atoms with Gasteiger partial charge in [0.2, 0.25) is 0 Å². The van der Waals surface area contributed by atoms with Crippen molar-refractivity contribution < 1.29 is 27.5 Å². The summed E-state index contributed by atoms with van der Waals surface area (Å²) in [6, 6.07) is 10.5. The largest absolute Gasteiger partial charge is 0.441 e. The van der Waals surface area contributed by atoms with Crippen molar-refractivity contribution in [1.82, 2.24) is 15.2 Å². The van der Waals surface area contributed by atoms with E-state index < -0.39 is 35.9 Å². The van der Waals surface area contributed by atoms with Crippen molar-refractivity contribution in [2.24, 2.45) is 5.92 Å². The third-order valence-corrected chi connectivity index (χ3v) is 5.62. The standard InChI is InChI=1S/C24H22F3N3O3/c1-14-7-17(9-19(8-14)24(25,26)27)21-15(2)13-30(23(32)33-21)22(31)29-12-18-11-28-10-16-5-3-4-6-20(16)18/h3-11,15,21H,12-13H2,1-2H3,(H,29,31)/t15-,21+/m0/s1. The topological polar surface area (TPSA) is 71.5 Å². The highest BCUT2D eigenvalue weighted by Gasteiger charge is 2.39. The number of urea groups is 1. The first-order chi connectivity index (χ1) is 15.6. The van der Waals surface area contributed by atoms with E-state index in [9.17, 15) is 22.8 Å². The van der Waals surface area contributed by atoms with Gasteiger partial charge in [0.05, 0.1) is 5.56 Å². The lowest BCUT2D eigenvalue weighted by Crippen LogP contribution is -2.50. The molecule has 2 atom stereocenters.